The number of nitrogens with zero attached hydrogens (tertiary/aromatic N) is 2. The molecule has 3 aromatic rings. The van der Waals surface area contributed by atoms with E-state index < -0.39 is 16.1 Å². The lowest BCUT2D eigenvalue weighted by atomic mass is 10.1. The highest BCUT2D eigenvalue weighted by Crippen LogP contribution is 2.25. The number of aryl methyl sites for hydroxylation is 2. The summed E-state index contributed by atoms with van der Waals surface area (Å²) in [5, 5.41) is 0.413. The van der Waals surface area contributed by atoms with Gasteiger partial charge in [0.25, 0.3) is 0 Å². The SMILES string of the molecule is Cc1ccc(S(=O)(=O)NC(c2ccccc2)c2nccn2C)cc1Cl. The van der Waals surface area contributed by atoms with Gasteiger partial charge in [-0.1, -0.05) is 48.0 Å². The van der Waals surface area contributed by atoms with Gasteiger partial charge in [-0.3, -0.25) is 0 Å². The van der Waals surface area contributed by atoms with Gasteiger partial charge in [-0.05, 0) is 30.2 Å². The molecule has 0 saturated carbocycles. The van der Waals surface area contributed by atoms with Crippen LogP contribution in [0, 0.1) is 6.92 Å². The second-order valence-corrected chi connectivity index (χ2v) is 7.89. The highest BCUT2D eigenvalue weighted by molar-refractivity contribution is 7.89. The van der Waals surface area contributed by atoms with Crippen LogP contribution in [0.2, 0.25) is 5.02 Å². The van der Waals surface area contributed by atoms with Crippen LogP contribution < -0.4 is 4.72 Å². The molecule has 25 heavy (non-hydrogen) atoms. The number of nitrogens with one attached hydrogen (secondary N) is 1. The first kappa shape index (κ1) is 17.7. The molecular formula is C18H18ClN3O2S. The van der Waals surface area contributed by atoms with E-state index in [0.717, 1.165) is 11.1 Å². The molecule has 0 saturated heterocycles. The van der Waals surface area contributed by atoms with Gasteiger partial charge in [0, 0.05) is 24.5 Å². The van der Waals surface area contributed by atoms with Crippen molar-refractivity contribution < 1.29 is 8.42 Å². The molecule has 1 unspecified atom stereocenters. The smallest absolute Gasteiger partial charge is 0.241 e. The van der Waals surface area contributed by atoms with Crippen LogP contribution >= 0.6 is 11.6 Å². The summed E-state index contributed by atoms with van der Waals surface area (Å²) in [7, 11) is -1.95. The molecule has 0 amide bonds. The van der Waals surface area contributed by atoms with Crippen molar-refractivity contribution >= 4 is 21.6 Å². The molecule has 3 rings (SSSR count). The third kappa shape index (κ3) is 3.76. The van der Waals surface area contributed by atoms with Crippen molar-refractivity contribution in [2.45, 2.75) is 17.9 Å². The third-order valence-electron chi connectivity index (χ3n) is 3.98. The number of aromatic nitrogens is 2. The van der Waals surface area contributed by atoms with E-state index in [2.05, 4.69) is 9.71 Å². The Hall–Kier alpha value is -2.15. The number of benzene rings is 2. The maximum atomic E-state index is 12.9. The third-order valence-corrected chi connectivity index (χ3v) is 5.80. The zero-order chi connectivity index (χ0) is 18.0. The molecule has 0 aliphatic carbocycles. The number of halogens is 1. The number of hydrogen-bond donors (Lipinski definition) is 1. The summed E-state index contributed by atoms with van der Waals surface area (Å²) in [6.45, 7) is 1.83. The zero-order valence-electron chi connectivity index (χ0n) is 13.8. The summed E-state index contributed by atoms with van der Waals surface area (Å²) >= 11 is 6.09. The molecule has 0 spiro atoms. The molecule has 0 bridgehead atoms. The summed E-state index contributed by atoms with van der Waals surface area (Å²) in [6.07, 6.45) is 3.42. The van der Waals surface area contributed by atoms with Crippen LogP contribution in [0.3, 0.4) is 0 Å². The van der Waals surface area contributed by atoms with Crippen LogP contribution in [-0.4, -0.2) is 18.0 Å². The van der Waals surface area contributed by atoms with E-state index in [4.69, 9.17) is 11.6 Å². The fourth-order valence-corrected chi connectivity index (χ4v) is 3.99. The topological polar surface area (TPSA) is 64.0 Å². The van der Waals surface area contributed by atoms with Crippen molar-refractivity contribution in [3.63, 3.8) is 0 Å². The number of hydrogen-bond acceptors (Lipinski definition) is 3. The summed E-state index contributed by atoms with van der Waals surface area (Å²) in [5.74, 6) is 0.605. The van der Waals surface area contributed by atoms with E-state index >= 15 is 0 Å². The van der Waals surface area contributed by atoms with Crippen molar-refractivity contribution in [3.05, 3.63) is 82.9 Å². The van der Waals surface area contributed by atoms with Gasteiger partial charge >= 0.3 is 0 Å². The molecule has 1 heterocycles. The number of imidazole rings is 1. The Morgan fingerprint density at radius 2 is 1.88 bits per heavy atom. The first-order chi connectivity index (χ1) is 11.9. The predicted molar refractivity (Wildman–Crippen MR) is 98.0 cm³/mol. The van der Waals surface area contributed by atoms with Crippen LogP contribution in [0.15, 0.2) is 65.8 Å². The maximum Gasteiger partial charge on any atom is 0.241 e. The van der Waals surface area contributed by atoms with Gasteiger partial charge in [0.05, 0.1) is 4.90 Å². The van der Waals surface area contributed by atoms with Gasteiger partial charge in [0.1, 0.15) is 11.9 Å². The standard InChI is InChI=1S/C18H18ClN3O2S/c1-13-8-9-15(12-16(13)19)25(23,24)21-17(14-6-4-3-5-7-14)18-20-10-11-22(18)2/h3-12,17,21H,1-2H3. The maximum absolute atomic E-state index is 12.9. The Bertz CT molecular complexity index is 985. The van der Waals surface area contributed by atoms with Gasteiger partial charge < -0.3 is 4.57 Å². The Labute approximate surface area is 152 Å². The zero-order valence-corrected chi connectivity index (χ0v) is 15.4. The van der Waals surface area contributed by atoms with Gasteiger partial charge in [0.15, 0.2) is 0 Å². The average Bonchev–Trinajstić information content (AvgIpc) is 3.02. The van der Waals surface area contributed by atoms with Gasteiger partial charge in [-0.25, -0.2) is 13.4 Å². The van der Waals surface area contributed by atoms with E-state index in [9.17, 15) is 8.42 Å². The molecule has 0 aliphatic rings. The average molecular weight is 376 g/mol. The lowest BCUT2D eigenvalue weighted by molar-refractivity contribution is 0.563. The van der Waals surface area contributed by atoms with Crippen LogP contribution in [0.1, 0.15) is 23.0 Å². The Morgan fingerprint density at radius 1 is 1.16 bits per heavy atom. The number of rotatable bonds is 5. The van der Waals surface area contributed by atoms with Crippen molar-refractivity contribution in [3.8, 4) is 0 Å². The molecule has 0 aliphatic heterocycles. The quantitative estimate of drug-likeness (QED) is 0.742. The molecule has 1 atom stereocenters. The van der Waals surface area contributed by atoms with Crippen LogP contribution in [0.25, 0.3) is 0 Å². The highest BCUT2D eigenvalue weighted by Gasteiger charge is 2.25. The largest absolute Gasteiger partial charge is 0.336 e. The van der Waals surface area contributed by atoms with Crippen molar-refractivity contribution in [2.75, 3.05) is 0 Å². The lowest BCUT2D eigenvalue weighted by Gasteiger charge is -2.19. The summed E-state index contributed by atoms with van der Waals surface area (Å²) in [4.78, 5) is 4.44. The minimum Gasteiger partial charge on any atom is -0.336 e. The van der Waals surface area contributed by atoms with Gasteiger partial charge in [-0.15, -0.1) is 0 Å². The second-order valence-electron chi connectivity index (χ2n) is 5.77. The minimum atomic E-state index is -3.78. The number of sulfonamides is 1. The van der Waals surface area contributed by atoms with Crippen molar-refractivity contribution in [1.29, 1.82) is 0 Å². The lowest BCUT2D eigenvalue weighted by Crippen LogP contribution is -2.31. The molecule has 1 N–H and O–H groups in total. The Balaban J connectivity index is 2.03. The minimum absolute atomic E-state index is 0.123. The summed E-state index contributed by atoms with van der Waals surface area (Å²) in [6, 6.07) is 13.4. The summed E-state index contributed by atoms with van der Waals surface area (Å²) < 4.78 is 30.3. The van der Waals surface area contributed by atoms with Crippen molar-refractivity contribution in [1.82, 2.24) is 14.3 Å². The fourth-order valence-electron chi connectivity index (χ4n) is 2.53. The van der Waals surface area contributed by atoms with Crippen molar-refractivity contribution in [2.24, 2.45) is 7.05 Å². The van der Waals surface area contributed by atoms with Gasteiger partial charge in [-0.2, -0.15) is 4.72 Å². The Morgan fingerprint density at radius 3 is 2.48 bits per heavy atom. The molecular weight excluding hydrogens is 358 g/mol. The molecule has 7 heteroatoms. The molecule has 5 nitrogen and oxygen atoms in total. The van der Waals surface area contributed by atoms with Crippen LogP contribution in [0.5, 0.6) is 0 Å². The molecule has 1 aromatic heterocycles. The first-order valence-corrected chi connectivity index (χ1v) is 9.55. The second kappa shape index (κ2) is 7.00. The van der Waals surface area contributed by atoms with Crippen LogP contribution in [0.4, 0.5) is 0 Å². The molecule has 2 aromatic carbocycles. The monoisotopic (exact) mass is 375 g/mol. The summed E-state index contributed by atoms with van der Waals surface area (Å²) in [5.41, 5.74) is 1.63. The molecule has 0 fully saturated rings. The first-order valence-electron chi connectivity index (χ1n) is 7.69. The normalized spacial score (nSPS) is 12.9. The van der Waals surface area contributed by atoms with Gasteiger partial charge in [0.2, 0.25) is 10.0 Å². The van der Waals surface area contributed by atoms with E-state index in [1.165, 1.54) is 6.07 Å². The molecule has 0 radical (unpaired) electrons. The predicted octanol–water partition coefficient (Wildman–Crippen LogP) is 3.45. The van der Waals surface area contributed by atoms with E-state index in [-0.39, 0.29) is 4.90 Å². The van der Waals surface area contributed by atoms with E-state index in [1.807, 2.05) is 44.3 Å². The van der Waals surface area contributed by atoms with E-state index in [1.54, 1.807) is 29.1 Å². The van der Waals surface area contributed by atoms with Crippen LogP contribution in [-0.2, 0) is 17.1 Å². The highest BCUT2D eigenvalue weighted by atomic mass is 35.5. The molecule has 130 valence electrons. The fraction of sp³-hybridized carbons (Fsp3) is 0.167. The Kier molecular flexibility index (Phi) is 4.94. The van der Waals surface area contributed by atoms with E-state index in [0.29, 0.717) is 10.8 Å².